The molecule has 2 atom stereocenters. The summed E-state index contributed by atoms with van der Waals surface area (Å²) in [6.45, 7) is 6.93. The predicted octanol–water partition coefficient (Wildman–Crippen LogP) is 1.81. The molecule has 0 amide bonds. The number of likely N-dealkylation sites (N-methyl/N-ethyl adjacent to an activating group) is 1. The van der Waals surface area contributed by atoms with Crippen LogP contribution in [0.5, 0.6) is 5.88 Å². The van der Waals surface area contributed by atoms with Gasteiger partial charge in [-0.1, -0.05) is 13.8 Å². The fraction of sp³-hybridized carbons (Fsp3) is 0.692. The fourth-order valence-electron chi connectivity index (χ4n) is 2.03. The zero-order valence-corrected chi connectivity index (χ0v) is 11.8. The van der Waals surface area contributed by atoms with Crippen LogP contribution < -0.4 is 10.1 Å². The standard InChI is InChI=1S/C13H23N3O2/c1-6-18-12(9(2)3)10(14-4)11-13(17-5)16-8-7-15-11/h7-10,12,14H,6H2,1-5H3. The van der Waals surface area contributed by atoms with Gasteiger partial charge in [0.2, 0.25) is 5.88 Å². The Morgan fingerprint density at radius 3 is 2.44 bits per heavy atom. The molecule has 5 nitrogen and oxygen atoms in total. The molecular weight excluding hydrogens is 230 g/mol. The van der Waals surface area contributed by atoms with E-state index in [9.17, 15) is 0 Å². The van der Waals surface area contributed by atoms with Gasteiger partial charge in [-0.05, 0) is 19.9 Å². The highest BCUT2D eigenvalue weighted by molar-refractivity contribution is 5.22. The Morgan fingerprint density at radius 1 is 1.28 bits per heavy atom. The van der Waals surface area contributed by atoms with Gasteiger partial charge in [-0.15, -0.1) is 0 Å². The van der Waals surface area contributed by atoms with Gasteiger partial charge in [0.05, 0.1) is 19.3 Å². The van der Waals surface area contributed by atoms with E-state index in [4.69, 9.17) is 9.47 Å². The van der Waals surface area contributed by atoms with Gasteiger partial charge >= 0.3 is 0 Å². The second-order valence-corrected chi connectivity index (χ2v) is 4.38. The molecule has 0 bridgehead atoms. The van der Waals surface area contributed by atoms with E-state index < -0.39 is 0 Å². The topological polar surface area (TPSA) is 56.3 Å². The van der Waals surface area contributed by atoms with E-state index in [0.29, 0.717) is 18.4 Å². The molecule has 0 fully saturated rings. The molecule has 5 heteroatoms. The second kappa shape index (κ2) is 7.28. The van der Waals surface area contributed by atoms with E-state index >= 15 is 0 Å². The predicted molar refractivity (Wildman–Crippen MR) is 70.6 cm³/mol. The molecule has 1 N–H and O–H groups in total. The van der Waals surface area contributed by atoms with E-state index in [1.165, 1.54) is 0 Å². The van der Waals surface area contributed by atoms with Gasteiger partial charge in [0.15, 0.2) is 0 Å². The van der Waals surface area contributed by atoms with Crippen LogP contribution in [0.4, 0.5) is 0 Å². The summed E-state index contributed by atoms with van der Waals surface area (Å²) in [5.41, 5.74) is 0.787. The molecule has 1 aromatic rings. The molecule has 1 aromatic heterocycles. The Morgan fingerprint density at radius 2 is 1.94 bits per heavy atom. The molecule has 1 heterocycles. The van der Waals surface area contributed by atoms with Crippen molar-refractivity contribution >= 4 is 0 Å². The zero-order valence-electron chi connectivity index (χ0n) is 11.8. The largest absolute Gasteiger partial charge is 0.480 e. The summed E-state index contributed by atoms with van der Waals surface area (Å²) in [7, 11) is 3.50. The maximum atomic E-state index is 5.82. The van der Waals surface area contributed by atoms with Crippen molar-refractivity contribution in [3.05, 3.63) is 18.1 Å². The van der Waals surface area contributed by atoms with Gasteiger partial charge in [0.25, 0.3) is 0 Å². The Balaban J connectivity index is 3.06. The minimum Gasteiger partial charge on any atom is -0.480 e. The molecule has 0 aliphatic rings. The first-order valence-corrected chi connectivity index (χ1v) is 6.29. The van der Waals surface area contributed by atoms with Crippen LogP contribution in [0, 0.1) is 5.92 Å². The summed E-state index contributed by atoms with van der Waals surface area (Å²) in [5.74, 6) is 0.913. The maximum absolute atomic E-state index is 5.82. The number of methoxy groups -OCH3 is 1. The number of rotatable bonds is 7. The van der Waals surface area contributed by atoms with Crippen LogP contribution >= 0.6 is 0 Å². The Labute approximate surface area is 109 Å². The quantitative estimate of drug-likeness (QED) is 0.803. The van der Waals surface area contributed by atoms with E-state index in [1.807, 2.05) is 14.0 Å². The molecule has 0 radical (unpaired) electrons. The van der Waals surface area contributed by atoms with Gasteiger partial charge in [0, 0.05) is 19.0 Å². The third-order valence-electron chi connectivity index (χ3n) is 2.83. The Kier molecular flexibility index (Phi) is 6.01. The highest BCUT2D eigenvalue weighted by atomic mass is 16.5. The first-order valence-electron chi connectivity index (χ1n) is 6.29. The molecule has 2 unspecified atom stereocenters. The molecule has 0 saturated heterocycles. The van der Waals surface area contributed by atoms with Crippen LogP contribution in [0.2, 0.25) is 0 Å². The molecule has 0 spiro atoms. The van der Waals surface area contributed by atoms with E-state index in [0.717, 1.165) is 5.69 Å². The molecule has 102 valence electrons. The minimum absolute atomic E-state index is 0.0330. The van der Waals surface area contributed by atoms with Gasteiger partial charge in [-0.25, -0.2) is 4.98 Å². The molecule has 18 heavy (non-hydrogen) atoms. The SMILES string of the molecule is CCOC(C(C)C)C(NC)c1nccnc1OC. The average molecular weight is 253 g/mol. The smallest absolute Gasteiger partial charge is 0.237 e. The van der Waals surface area contributed by atoms with Crippen LogP contribution in [-0.4, -0.2) is 36.8 Å². The third kappa shape index (κ3) is 3.40. The zero-order chi connectivity index (χ0) is 13.5. The first kappa shape index (κ1) is 14.9. The number of aromatic nitrogens is 2. The lowest BCUT2D eigenvalue weighted by Gasteiger charge is -2.29. The number of ether oxygens (including phenoxy) is 2. The molecule has 0 saturated carbocycles. The fourth-order valence-corrected chi connectivity index (χ4v) is 2.03. The lowest BCUT2D eigenvalue weighted by molar-refractivity contribution is 0.00291. The lowest BCUT2D eigenvalue weighted by Crippen LogP contribution is -2.36. The maximum Gasteiger partial charge on any atom is 0.237 e. The summed E-state index contributed by atoms with van der Waals surface area (Å²) in [4.78, 5) is 8.56. The number of nitrogens with one attached hydrogen (secondary N) is 1. The van der Waals surface area contributed by atoms with Crippen LogP contribution in [0.3, 0.4) is 0 Å². The number of hydrogen-bond donors (Lipinski definition) is 1. The van der Waals surface area contributed by atoms with Crippen molar-refractivity contribution in [2.75, 3.05) is 20.8 Å². The van der Waals surface area contributed by atoms with Crippen molar-refractivity contribution in [3.8, 4) is 5.88 Å². The van der Waals surface area contributed by atoms with E-state index in [-0.39, 0.29) is 12.1 Å². The van der Waals surface area contributed by atoms with Crippen molar-refractivity contribution in [2.45, 2.75) is 32.9 Å². The van der Waals surface area contributed by atoms with Crippen LogP contribution in [0.15, 0.2) is 12.4 Å². The average Bonchev–Trinajstić information content (AvgIpc) is 2.39. The summed E-state index contributed by atoms with van der Waals surface area (Å²) in [5, 5.41) is 3.25. The van der Waals surface area contributed by atoms with Crippen LogP contribution in [0.25, 0.3) is 0 Å². The highest BCUT2D eigenvalue weighted by Gasteiger charge is 2.29. The van der Waals surface area contributed by atoms with Gasteiger partial charge < -0.3 is 14.8 Å². The third-order valence-corrected chi connectivity index (χ3v) is 2.83. The normalized spacial score (nSPS) is 14.6. The molecule has 1 rings (SSSR count). The van der Waals surface area contributed by atoms with Crippen molar-refractivity contribution in [2.24, 2.45) is 5.92 Å². The summed E-state index contributed by atoms with van der Waals surface area (Å²) < 4.78 is 11.1. The minimum atomic E-state index is -0.0337. The lowest BCUT2D eigenvalue weighted by atomic mass is 9.97. The van der Waals surface area contributed by atoms with Gasteiger partial charge in [0.1, 0.15) is 5.69 Å². The Hall–Kier alpha value is -1.20. The number of hydrogen-bond acceptors (Lipinski definition) is 5. The molecule has 0 aromatic carbocycles. The van der Waals surface area contributed by atoms with Gasteiger partial charge in [-0.2, -0.15) is 0 Å². The van der Waals surface area contributed by atoms with E-state index in [1.54, 1.807) is 19.5 Å². The number of nitrogens with zero attached hydrogens (tertiary/aromatic N) is 2. The first-order chi connectivity index (χ1) is 8.65. The Bertz CT molecular complexity index is 358. The van der Waals surface area contributed by atoms with Crippen molar-refractivity contribution in [3.63, 3.8) is 0 Å². The summed E-state index contributed by atoms with van der Waals surface area (Å²) in [6, 6.07) is -0.0337. The molecular formula is C13H23N3O2. The monoisotopic (exact) mass is 253 g/mol. The highest BCUT2D eigenvalue weighted by Crippen LogP contribution is 2.27. The van der Waals surface area contributed by atoms with Gasteiger partial charge in [-0.3, -0.25) is 4.98 Å². The van der Waals surface area contributed by atoms with Crippen molar-refractivity contribution in [1.82, 2.24) is 15.3 Å². The van der Waals surface area contributed by atoms with E-state index in [2.05, 4.69) is 29.1 Å². The molecule has 0 aliphatic heterocycles. The van der Waals surface area contributed by atoms with Crippen LogP contribution in [0.1, 0.15) is 32.5 Å². The summed E-state index contributed by atoms with van der Waals surface area (Å²) in [6.07, 6.45) is 3.33. The summed E-state index contributed by atoms with van der Waals surface area (Å²) >= 11 is 0. The molecule has 0 aliphatic carbocycles. The van der Waals surface area contributed by atoms with Crippen molar-refractivity contribution < 1.29 is 9.47 Å². The second-order valence-electron chi connectivity index (χ2n) is 4.38. The van der Waals surface area contributed by atoms with Crippen molar-refractivity contribution in [1.29, 1.82) is 0 Å². The van der Waals surface area contributed by atoms with Crippen LogP contribution in [-0.2, 0) is 4.74 Å².